The molecule has 0 fully saturated rings. The predicted molar refractivity (Wildman–Crippen MR) is 112 cm³/mol. The molecule has 0 radical (unpaired) electrons. The highest BCUT2D eigenvalue weighted by atomic mass is 19.1. The van der Waals surface area contributed by atoms with Gasteiger partial charge in [-0.15, -0.1) is 0 Å². The molecular weight excluding hydrogens is 371 g/mol. The first-order valence-electron chi connectivity index (χ1n) is 9.52. The van der Waals surface area contributed by atoms with Crippen molar-refractivity contribution < 1.29 is 4.39 Å². The number of aromatic nitrogens is 3. The quantitative estimate of drug-likeness (QED) is 0.715. The Morgan fingerprint density at radius 2 is 1.72 bits per heavy atom. The fourth-order valence-corrected chi connectivity index (χ4v) is 3.00. The Bertz CT molecular complexity index is 1130. The zero-order chi connectivity index (χ0) is 21.2. The number of nitrogens with one attached hydrogen (secondary N) is 1. The van der Waals surface area contributed by atoms with E-state index in [1.807, 2.05) is 24.3 Å². The van der Waals surface area contributed by atoms with Gasteiger partial charge in [-0.3, -0.25) is 4.57 Å². The highest BCUT2D eigenvalue weighted by molar-refractivity contribution is 5.55. The van der Waals surface area contributed by atoms with Crippen LogP contribution in [0, 0.1) is 5.82 Å². The van der Waals surface area contributed by atoms with Crippen LogP contribution < -0.4 is 16.7 Å². The minimum atomic E-state index is -0.609. The van der Waals surface area contributed by atoms with E-state index in [2.05, 4.69) is 31.1 Å². The first-order chi connectivity index (χ1) is 13.7. The summed E-state index contributed by atoms with van der Waals surface area (Å²) in [7, 11) is 0. The van der Waals surface area contributed by atoms with Crippen LogP contribution in [0.1, 0.15) is 38.8 Å². The van der Waals surface area contributed by atoms with Crippen LogP contribution in [0.3, 0.4) is 0 Å². The lowest BCUT2D eigenvalue weighted by Gasteiger charge is -2.20. The van der Waals surface area contributed by atoms with Gasteiger partial charge in [-0.05, 0) is 47.7 Å². The summed E-state index contributed by atoms with van der Waals surface area (Å²) in [6.45, 7) is 8.42. The van der Waals surface area contributed by atoms with E-state index < -0.39 is 11.4 Å². The summed E-state index contributed by atoms with van der Waals surface area (Å²) in [5.41, 5.74) is 1.43. The Morgan fingerprint density at radius 1 is 1.03 bits per heavy atom. The van der Waals surface area contributed by atoms with Gasteiger partial charge in [-0.2, -0.15) is 4.98 Å². The maximum Gasteiger partial charge on any atom is 0.354 e. The number of hydrogen-bond acceptors (Lipinski definition) is 4. The monoisotopic (exact) mass is 396 g/mol. The van der Waals surface area contributed by atoms with Gasteiger partial charge in [0.25, 0.3) is 0 Å². The summed E-state index contributed by atoms with van der Waals surface area (Å²) in [5, 5.41) is 3.11. The molecule has 0 saturated carbocycles. The lowest BCUT2D eigenvalue weighted by atomic mass is 9.87. The molecule has 29 heavy (non-hydrogen) atoms. The van der Waals surface area contributed by atoms with E-state index in [0.29, 0.717) is 0 Å². The minimum Gasteiger partial charge on any atom is -0.325 e. The van der Waals surface area contributed by atoms with Gasteiger partial charge in [-0.25, -0.2) is 18.5 Å². The van der Waals surface area contributed by atoms with E-state index in [9.17, 15) is 14.0 Å². The fraction of sp³-hybridized carbons (Fsp3) is 0.318. The molecule has 0 atom stereocenters. The lowest BCUT2D eigenvalue weighted by molar-refractivity contribution is 0.575. The predicted octanol–water partition coefficient (Wildman–Crippen LogP) is 3.65. The Balaban J connectivity index is 2.07. The molecule has 1 N–H and O–H groups in total. The van der Waals surface area contributed by atoms with Gasteiger partial charge in [0, 0.05) is 12.2 Å². The van der Waals surface area contributed by atoms with Crippen molar-refractivity contribution in [1.29, 1.82) is 0 Å². The van der Waals surface area contributed by atoms with Gasteiger partial charge in [0.2, 0.25) is 5.95 Å². The molecule has 152 valence electrons. The molecular formula is C22H25FN4O2. The van der Waals surface area contributed by atoms with Crippen LogP contribution in [0.15, 0.2) is 58.1 Å². The summed E-state index contributed by atoms with van der Waals surface area (Å²) in [5.74, 6) is -0.199. The fourth-order valence-electron chi connectivity index (χ4n) is 3.00. The van der Waals surface area contributed by atoms with E-state index in [1.54, 1.807) is 19.1 Å². The topological polar surface area (TPSA) is 68.9 Å². The Morgan fingerprint density at radius 3 is 2.34 bits per heavy atom. The van der Waals surface area contributed by atoms with E-state index >= 15 is 0 Å². The zero-order valence-electron chi connectivity index (χ0n) is 17.1. The normalized spacial score (nSPS) is 11.5. The highest BCUT2D eigenvalue weighted by Crippen LogP contribution is 2.25. The summed E-state index contributed by atoms with van der Waals surface area (Å²) < 4.78 is 15.7. The van der Waals surface area contributed by atoms with Gasteiger partial charge in [0.05, 0.1) is 6.54 Å². The van der Waals surface area contributed by atoms with Crippen LogP contribution in [0.2, 0.25) is 0 Å². The Kier molecular flexibility index (Phi) is 5.68. The van der Waals surface area contributed by atoms with Crippen molar-refractivity contribution in [2.45, 2.75) is 46.2 Å². The van der Waals surface area contributed by atoms with Crippen LogP contribution in [0.4, 0.5) is 16.0 Å². The molecule has 0 amide bonds. The molecule has 0 aliphatic heterocycles. The Hall–Kier alpha value is -3.22. The van der Waals surface area contributed by atoms with E-state index in [0.717, 1.165) is 21.4 Å². The van der Waals surface area contributed by atoms with E-state index in [1.165, 1.54) is 16.7 Å². The average molecular weight is 396 g/mol. The maximum absolute atomic E-state index is 13.2. The first-order valence-corrected chi connectivity index (χ1v) is 9.52. The largest absolute Gasteiger partial charge is 0.354 e. The minimum absolute atomic E-state index is 0.0511. The summed E-state index contributed by atoms with van der Waals surface area (Å²) in [4.78, 5) is 29.3. The molecule has 0 spiro atoms. The number of nitrogens with zero attached hydrogens (tertiary/aromatic N) is 3. The molecule has 3 rings (SSSR count). The van der Waals surface area contributed by atoms with Crippen molar-refractivity contribution in [1.82, 2.24) is 14.1 Å². The zero-order valence-corrected chi connectivity index (χ0v) is 17.1. The summed E-state index contributed by atoms with van der Waals surface area (Å²) >= 11 is 0. The molecule has 1 aromatic heterocycles. The average Bonchev–Trinajstić information content (AvgIpc) is 2.66. The van der Waals surface area contributed by atoms with E-state index in [-0.39, 0.29) is 30.3 Å². The van der Waals surface area contributed by atoms with Crippen LogP contribution in [-0.4, -0.2) is 14.1 Å². The van der Waals surface area contributed by atoms with Gasteiger partial charge in [0.1, 0.15) is 5.82 Å². The van der Waals surface area contributed by atoms with Gasteiger partial charge >= 0.3 is 11.4 Å². The molecule has 0 aliphatic carbocycles. The number of rotatable bonds is 5. The van der Waals surface area contributed by atoms with Crippen LogP contribution in [0.5, 0.6) is 0 Å². The van der Waals surface area contributed by atoms with Crippen molar-refractivity contribution in [3.63, 3.8) is 0 Å². The number of anilines is 2. The van der Waals surface area contributed by atoms with Crippen molar-refractivity contribution in [3.8, 4) is 0 Å². The highest BCUT2D eigenvalue weighted by Gasteiger charge is 2.16. The smallest absolute Gasteiger partial charge is 0.325 e. The van der Waals surface area contributed by atoms with Crippen molar-refractivity contribution >= 4 is 11.6 Å². The van der Waals surface area contributed by atoms with Crippen molar-refractivity contribution in [2.24, 2.45) is 0 Å². The van der Waals surface area contributed by atoms with Crippen LogP contribution >= 0.6 is 0 Å². The molecule has 0 unspecified atom stereocenters. The van der Waals surface area contributed by atoms with Gasteiger partial charge < -0.3 is 5.32 Å². The van der Waals surface area contributed by atoms with Crippen molar-refractivity contribution in [3.05, 3.63) is 86.4 Å². The third-order valence-corrected chi connectivity index (χ3v) is 4.70. The Labute approximate surface area is 168 Å². The second kappa shape index (κ2) is 8.03. The second-order valence-corrected chi connectivity index (χ2v) is 7.91. The molecule has 1 heterocycles. The number of benzene rings is 2. The third kappa shape index (κ3) is 4.62. The van der Waals surface area contributed by atoms with Gasteiger partial charge in [0.15, 0.2) is 0 Å². The molecule has 0 saturated heterocycles. The summed E-state index contributed by atoms with van der Waals surface area (Å²) in [6, 6.07) is 13.7. The molecule has 0 aliphatic rings. The number of halogens is 1. The molecule has 3 aromatic rings. The molecule has 7 heteroatoms. The van der Waals surface area contributed by atoms with Gasteiger partial charge in [-0.1, -0.05) is 45.0 Å². The van der Waals surface area contributed by atoms with E-state index in [4.69, 9.17) is 0 Å². The molecule has 6 nitrogen and oxygen atoms in total. The number of hydrogen-bond donors (Lipinski definition) is 1. The molecule has 2 aromatic carbocycles. The SMILES string of the molecule is CCn1c(=O)nc(Nc2cccc(C(C)(C)C)c2)n(Cc2ccc(F)cc2)c1=O. The lowest BCUT2D eigenvalue weighted by Crippen LogP contribution is -2.42. The second-order valence-electron chi connectivity index (χ2n) is 7.91. The maximum atomic E-state index is 13.2. The standard InChI is InChI=1S/C22H25FN4O2/c1-5-26-20(28)25-19(24-18-8-6-7-16(13-18)22(2,3)4)27(21(26)29)14-15-9-11-17(23)12-10-15/h6-13H,5,14H2,1-4H3,(H,24,25,28). The summed E-state index contributed by atoms with van der Waals surface area (Å²) in [6.07, 6.45) is 0. The third-order valence-electron chi connectivity index (χ3n) is 4.70. The van der Waals surface area contributed by atoms with Crippen LogP contribution in [-0.2, 0) is 18.5 Å². The molecule has 0 bridgehead atoms. The van der Waals surface area contributed by atoms with Crippen molar-refractivity contribution in [2.75, 3.05) is 5.32 Å². The van der Waals surface area contributed by atoms with Crippen LogP contribution in [0.25, 0.3) is 0 Å². The first kappa shape index (κ1) is 20.5.